The van der Waals surface area contributed by atoms with Crippen LogP contribution in [0.1, 0.15) is 22.8 Å². The summed E-state index contributed by atoms with van der Waals surface area (Å²) < 4.78 is 10.8. The fourth-order valence-electron chi connectivity index (χ4n) is 2.99. The number of carbonyl (C=O) groups is 1. The van der Waals surface area contributed by atoms with Crippen molar-refractivity contribution < 1.29 is 14.3 Å². The first kappa shape index (κ1) is 18.3. The van der Waals surface area contributed by atoms with E-state index < -0.39 is 0 Å². The number of nitrogens with zero attached hydrogens (tertiary/aromatic N) is 1. The van der Waals surface area contributed by atoms with E-state index in [1.54, 1.807) is 12.1 Å². The van der Waals surface area contributed by atoms with Crippen LogP contribution in [0, 0.1) is 0 Å². The third-order valence-corrected chi connectivity index (χ3v) is 4.44. The third kappa shape index (κ3) is 4.99. The van der Waals surface area contributed by atoms with Crippen LogP contribution in [0.4, 0.5) is 5.69 Å². The largest absolute Gasteiger partial charge is 0.494 e. The molecule has 0 atom stereocenters. The number of amides is 1. The zero-order valence-electron chi connectivity index (χ0n) is 15.2. The number of nitrogens with one attached hydrogen (secondary N) is 1. The maximum atomic E-state index is 12.2. The van der Waals surface area contributed by atoms with E-state index in [1.807, 2.05) is 19.1 Å². The molecule has 0 aromatic heterocycles. The van der Waals surface area contributed by atoms with Crippen LogP contribution < -0.4 is 15.0 Å². The molecular formula is C21H26N2O3. The van der Waals surface area contributed by atoms with Crippen LogP contribution in [0.3, 0.4) is 0 Å². The molecule has 26 heavy (non-hydrogen) atoms. The van der Waals surface area contributed by atoms with Gasteiger partial charge in [-0.05, 0) is 55.3 Å². The summed E-state index contributed by atoms with van der Waals surface area (Å²) in [6.45, 7) is 6.64. The third-order valence-electron chi connectivity index (χ3n) is 4.44. The molecule has 1 heterocycles. The van der Waals surface area contributed by atoms with Crippen LogP contribution in [-0.2, 0) is 11.2 Å². The first-order chi connectivity index (χ1) is 12.8. The van der Waals surface area contributed by atoms with Gasteiger partial charge < -0.3 is 19.7 Å². The van der Waals surface area contributed by atoms with E-state index >= 15 is 0 Å². The molecule has 0 aliphatic carbocycles. The van der Waals surface area contributed by atoms with Crippen molar-refractivity contribution in [1.82, 2.24) is 5.32 Å². The molecular weight excluding hydrogens is 328 g/mol. The zero-order valence-corrected chi connectivity index (χ0v) is 15.2. The Morgan fingerprint density at radius 1 is 1.08 bits per heavy atom. The zero-order chi connectivity index (χ0) is 18.2. The van der Waals surface area contributed by atoms with Crippen molar-refractivity contribution in [3.63, 3.8) is 0 Å². The average molecular weight is 354 g/mol. The van der Waals surface area contributed by atoms with Crippen LogP contribution in [0.15, 0.2) is 48.5 Å². The van der Waals surface area contributed by atoms with Crippen LogP contribution in [0.25, 0.3) is 0 Å². The highest BCUT2D eigenvalue weighted by Crippen LogP contribution is 2.17. The van der Waals surface area contributed by atoms with Crippen LogP contribution >= 0.6 is 0 Å². The van der Waals surface area contributed by atoms with Gasteiger partial charge in [0.25, 0.3) is 5.91 Å². The second-order valence-electron chi connectivity index (χ2n) is 6.23. The molecule has 1 fully saturated rings. The summed E-state index contributed by atoms with van der Waals surface area (Å²) in [6, 6.07) is 15.8. The van der Waals surface area contributed by atoms with Crippen molar-refractivity contribution in [3.8, 4) is 5.75 Å². The summed E-state index contributed by atoms with van der Waals surface area (Å²) in [7, 11) is 0. The van der Waals surface area contributed by atoms with E-state index in [2.05, 4.69) is 34.5 Å². The van der Waals surface area contributed by atoms with E-state index in [1.165, 1.54) is 11.3 Å². The van der Waals surface area contributed by atoms with Crippen LogP contribution in [-0.4, -0.2) is 45.4 Å². The van der Waals surface area contributed by atoms with Crippen molar-refractivity contribution in [3.05, 3.63) is 59.7 Å². The fourth-order valence-corrected chi connectivity index (χ4v) is 2.99. The number of carbonyl (C=O) groups excluding carboxylic acids is 1. The Kier molecular flexibility index (Phi) is 6.50. The summed E-state index contributed by atoms with van der Waals surface area (Å²) in [6.07, 6.45) is 0.812. The topological polar surface area (TPSA) is 50.8 Å². The molecule has 3 rings (SSSR count). The quantitative estimate of drug-likeness (QED) is 0.831. The second-order valence-corrected chi connectivity index (χ2v) is 6.23. The van der Waals surface area contributed by atoms with Crippen molar-refractivity contribution >= 4 is 11.6 Å². The average Bonchev–Trinajstić information content (AvgIpc) is 2.70. The summed E-state index contributed by atoms with van der Waals surface area (Å²) >= 11 is 0. The summed E-state index contributed by atoms with van der Waals surface area (Å²) in [5, 5.41) is 2.97. The molecule has 1 N–H and O–H groups in total. The molecule has 0 spiro atoms. The lowest BCUT2D eigenvalue weighted by Crippen LogP contribution is -2.36. The van der Waals surface area contributed by atoms with Gasteiger partial charge in [-0.2, -0.15) is 0 Å². The van der Waals surface area contributed by atoms with Gasteiger partial charge in [-0.15, -0.1) is 0 Å². The van der Waals surface area contributed by atoms with Crippen LogP contribution in [0.2, 0.25) is 0 Å². The Balaban J connectivity index is 1.45. The molecule has 1 saturated heterocycles. The van der Waals surface area contributed by atoms with Gasteiger partial charge in [-0.25, -0.2) is 0 Å². The maximum Gasteiger partial charge on any atom is 0.251 e. The lowest BCUT2D eigenvalue weighted by Gasteiger charge is -2.28. The number of hydrogen-bond donors (Lipinski definition) is 1. The van der Waals surface area contributed by atoms with E-state index in [4.69, 9.17) is 9.47 Å². The molecule has 0 unspecified atom stereocenters. The predicted molar refractivity (Wildman–Crippen MR) is 103 cm³/mol. The summed E-state index contributed by atoms with van der Waals surface area (Å²) in [5.41, 5.74) is 3.10. The molecule has 5 nitrogen and oxygen atoms in total. The number of anilines is 1. The van der Waals surface area contributed by atoms with Crippen LogP contribution in [0.5, 0.6) is 5.75 Å². The lowest BCUT2D eigenvalue weighted by molar-refractivity contribution is 0.0954. The smallest absolute Gasteiger partial charge is 0.251 e. The summed E-state index contributed by atoms with van der Waals surface area (Å²) in [5.74, 6) is 0.724. The number of ether oxygens (including phenoxy) is 2. The number of rotatable bonds is 7. The fraction of sp³-hybridized carbons (Fsp3) is 0.381. The number of benzene rings is 2. The van der Waals surface area contributed by atoms with E-state index in [0.717, 1.165) is 38.5 Å². The van der Waals surface area contributed by atoms with Crippen molar-refractivity contribution in [2.75, 3.05) is 44.4 Å². The Labute approximate surface area is 154 Å². The van der Waals surface area contributed by atoms with E-state index in [-0.39, 0.29) is 5.91 Å². The van der Waals surface area contributed by atoms with Gasteiger partial charge in [-0.1, -0.05) is 12.1 Å². The molecule has 138 valence electrons. The number of morpholine rings is 1. The van der Waals surface area contributed by atoms with Gasteiger partial charge in [0.15, 0.2) is 0 Å². The Morgan fingerprint density at radius 2 is 1.77 bits per heavy atom. The van der Waals surface area contributed by atoms with E-state index in [9.17, 15) is 4.79 Å². The lowest BCUT2D eigenvalue weighted by atomic mass is 10.1. The normalized spacial score (nSPS) is 14.1. The van der Waals surface area contributed by atoms with Gasteiger partial charge >= 0.3 is 0 Å². The highest BCUT2D eigenvalue weighted by atomic mass is 16.5. The van der Waals surface area contributed by atoms with Gasteiger partial charge in [0, 0.05) is 30.9 Å². The number of hydrogen-bond acceptors (Lipinski definition) is 4. The molecule has 1 aliphatic heterocycles. The molecule has 2 aromatic rings. The van der Waals surface area contributed by atoms with Crippen molar-refractivity contribution in [1.29, 1.82) is 0 Å². The Morgan fingerprint density at radius 3 is 2.42 bits per heavy atom. The van der Waals surface area contributed by atoms with Gasteiger partial charge in [0.2, 0.25) is 0 Å². The Hall–Kier alpha value is -2.53. The summed E-state index contributed by atoms with van der Waals surface area (Å²) in [4.78, 5) is 14.5. The van der Waals surface area contributed by atoms with Gasteiger partial charge in [-0.3, -0.25) is 4.79 Å². The minimum Gasteiger partial charge on any atom is -0.494 e. The molecule has 0 bridgehead atoms. The monoisotopic (exact) mass is 354 g/mol. The van der Waals surface area contributed by atoms with E-state index in [0.29, 0.717) is 18.7 Å². The highest BCUT2D eigenvalue weighted by Gasteiger charge is 2.11. The van der Waals surface area contributed by atoms with Crippen molar-refractivity contribution in [2.45, 2.75) is 13.3 Å². The molecule has 0 saturated carbocycles. The minimum absolute atomic E-state index is 0.0574. The first-order valence-electron chi connectivity index (χ1n) is 9.19. The standard InChI is InChI=1S/C21H26N2O3/c1-2-26-20-9-5-18(6-10-20)21(24)22-12-11-17-3-7-19(8-4-17)23-13-15-25-16-14-23/h3-10H,2,11-16H2,1H3,(H,22,24). The first-order valence-corrected chi connectivity index (χ1v) is 9.19. The second kappa shape index (κ2) is 9.25. The molecule has 1 aliphatic rings. The predicted octanol–water partition coefficient (Wildman–Crippen LogP) is 2.89. The Bertz CT molecular complexity index is 692. The molecule has 5 heteroatoms. The molecule has 1 amide bonds. The maximum absolute atomic E-state index is 12.2. The van der Waals surface area contributed by atoms with Crippen molar-refractivity contribution in [2.24, 2.45) is 0 Å². The van der Waals surface area contributed by atoms with Gasteiger partial charge in [0.1, 0.15) is 5.75 Å². The van der Waals surface area contributed by atoms with Gasteiger partial charge in [0.05, 0.1) is 19.8 Å². The minimum atomic E-state index is -0.0574. The molecule has 0 radical (unpaired) electrons. The highest BCUT2D eigenvalue weighted by molar-refractivity contribution is 5.94. The SMILES string of the molecule is CCOc1ccc(C(=O)NCCc2ccc(N3CCOCC3)cc2)cc1. The molecule has 2 aromatic carbocycles.